The molecule has 2 aromatic carbocycles. The Morgan fingerprint density at radius 1 is 1.22 bits per heavy atom. The first-order valence-corrected chi connectivity index (χ1v) is 15.6. The van der Waals surface area contributed by atoms with Crippen LogP contribution in [0.4, 0.5) is 0 Å². The van der Waals surface area contributed by atoms with Crippen LogP contribution in [0.15, 0.2) is 6.07 Å². The smallest absolute Gasteiger partial charge is 0.323 e. The highest BCUT2D eigenvalue weighted by Gasteiger charge is 2.59. The fraction of sp³-hybridized carbons (Fsp3) is 0.531. The summed E-state index contributed by atoms with van der Waals surface area (Å²) >= 11 is 4.15. The van der Waals surface area contributed by atoms with Crippen molar-refractivity contribution in [2.24, 2.45) is 5.73 Å². The monoisotopic (exact) mass is 638 g/mol. The number of aryl methyl sites for hydroxylation is 1. The standard InChI is InChI=1S/C32H38N4O8S/c1-13-7-17-8-19-20(9-33)36-21(10-41-32(39)18(34)11-45)24-22(29(44-16(4)37)15(3)30-31(24)43-12-42-30)14(2)25(36)26(35(19)5)23(17)27(38)28(13)40-6/h7,14,18-21,25-26,38,45H,8,10-12,34H2,1-6H3/t14-,18+,19?,20+,21+,25+,26+/m1/s1. The highest BCUT2D eigenvalue weighted by atomic mass is 32.1. The number of benzene rings is 2. The molecule has 0 saturated carbocycles. The highest BCUT2D eigenvalue weighted by molar-refractivity contribution is 7.80. The summed E-state index contributed by atoms with van der Waals surface area (Å²) in [4.78, 5) is 29.6. The minimum absolute atomic E-state index is 0.0446. The molecule has 1 saturated heterocycles. The van der Waals surface area contributed by atoms with E-state index < -0.39 is 42.1 Å². The molecule has 0 radical (unpaired) electrons. The number of phenols is 1. The third-order valence-corrected chi connectivity index (χ3v) is 10.2. The zero-order valence-electron chi connectivity index (χ0n) is 26.1. The predicted molar refractivity (Wildman–Crippen MR) is 165 cm³/mol. The quantitative estimate of drug-likeness (QED) is 0.242. The third kappa shape index (κ3) is 4.61. The van der Waals surface area contributed by atoms with Gasteiger partial charge in [0.2, 0.25) is 6.79 Å². The summed E-state index contributed by atoms with van der Waals surface area (Å²) in [5, 5.41) is 22.5. The molecule has 13 heteroatoms. The molecule has 0 aliphatic carbocycles. The molecule has 0 amide bonds. The zero-order chi connectivity index (χ0) is 32.5. The van der Waals surface area contributed by atoms with Gasteiger partial charge in [-0.15, -0.1) is 0 Å². The number of thiol groups is 1. The number of carbonyl (C=O) groups is 2. The fourth-order valence-corrected chi connectivity index (χ4v) is 8.13. The number of nitrogens with two attached hydrogens (primary N) is 1. The summed E-state index contributed by atoms with van der Waals surface area (Å²) in [5.74, 6) is 0.286. The average molecular weight is 639 g/mol. The van der Waals surface area contributed by atoms with Gasteiger partial charge in [0.1, 0.15) is 24.4 Å². The lowest BCUT2D eigenvalue weighted by molar-refractivity contribution is -0.150. The van der Waals surface area contributed by atoms with Crippen LogP contribution in [0.2, 0.25) is 0 Å². The molecule has 12 nitrogen and oxygen atoms in total. The van der Waals surface area contributed by atoms with Gasteiger partial charge in [-0.3, -0.25) is 19.4 Å². The molecule has 6 rings (SSSR count). The SMILES string of the molecule is COc1c(C)cc2c(c1O)[C@H]1[C@@H]3[C@H](C)c4c(OC(C)=O)c(C)c5c(c4[C@H](COC(=O)[C@@H](N)CS)N3[C@@H](C#N)C(C2)N1C)OCO5. The minimum atomic E-state index is -0.941. The lowest BCUT2D eigenvalue weighted by Crippen LogP contribution is -2.69. The van der Waals surface area contributed by atoms with Crippen molar-refractivity contribution < 1.29 is 38.4 Å². The summed E-state index contributed by atoms with van der Waals surface area (Å²) < 4.78 is 29.3. The van der Waals surface area contributed by atoms with Gasteiger partial charge in [0, 0.05) is 52.9 Å². The topological polar surface area (TPSA) is 157 Å². The second-order valence-corrected chi connectivity index (χ2v) is 12.6. The van der Waals surface area contributed by atoms with E-state index in [0.29, 0.717) is 46.1 Å². The normalized spacial score (nSPS) is 27.0. The van der Waals surface area contributed by atoms with Crippen LogP contribution in [-0.2, 0) is 20.7 Å². The molecule has 4 heterocycles. The number of nitrogens with zero attached hydrogens (tertiary/aromatic N) is 3. The van der Waals surface area contributed by atoms with E-state index in [-0.39, 0.29) is 36.9 Å². The van der Waals surface area contributed by atoms with Crippen molar-refractivity contribution >= 4 is 24.6 Å². The van der Waals surface area contributed by atoms with E-state index in [9.17, 15) is 20.0 Å². The van der Waals surface area contributed by atoms with Gasteiger partial charge in [-0.2, -0.15) is 17.9 Å². The van der Waals surface area contributed by atoms with Gasteiger partial charge in [-0.05, 0) is 38.4 Å². The lowest BCUT2D eigenvalue weighted by atomic mass is 9.68. The molecule has 4 aliphatic heterocycles. The van der Waals surface area contributed by atoms with Gasteiger partial charge in [0.25, 0.3) is 0 Å². The van der Waals surface area contributed by atoms with Crippen LogP contribution in [0.1, 0.15) is 65.2 Å². The maximum atomic E-state index is 12.9. The van der Waals surface area contributed by atoms with E-state index in [4.69, 9.17) is 29.4 Å². The fourth-order valence-electron chi connectivity index (χ4n) is 7.98. The summed E-state index contributed by atoms with van der Waals surface area (Å²) in [6.45, 7) is 6.84. The minimum Gasteiger partial charge on any atom is -0.504 e. The molecule has 2 aromatic rings. The molecule has 0 spiro atoms. The number of aromatic hydroxyl groups is 1. The number of piperazine rings is 1. The van der Waals surface area contributed by atoms with Gasteiger partial charge in [0.15, 0.2) is 23.0 Å². The van der Waals surface area contributed by atoms with Crippen LogP contribution in [0.25, 0.3) is 0 Å². The lowest BCUT2D eigenvalue weighted by Gasteiger charge is -2.61. The van der Waals surface area contributed by atoms with Gasteiger partial charge >= 0.3 is 11.9 Å². The number of phenolic OH excluding ortho intramolecular Hbond substituents is 1. The van der Waals surface area contributed by atoms with Crippen LogP contribution in [0.5, 0.6) is 28.7 Å². The average Bonchev–Trinajstić information content (AvgIpc) is 3.49. The summed E-state index contributed by atoms with van der Waals surface area (Å²) in [6.07, 6.45) is 0.505. The van der Waals surface area contributed by atoms with E-state index in [1.807, 2.05) is 33.9 Å². The van der Waals surface area contributed by atoms with E-state index in [2.05, 4.69) is 28.5 Å². The van der Waals surface area contributed by atoms with E-state index in [0.717, 1.165) is 16.7 Å². The molecule has 3 N–H and O–H groups in total. The molecule has 4 aliphatic rings. The summed E-state index contributed by atoms with van der Waals surface area (Å²) in [6, 6.07) is 1.18. The third-order valence-electron chi connectivity index (χ3n) is 9.80. The van der Waals surface area contributed by atoms with Gasteiger partial charge in [-0.25, -0.2) is 0 Å². The second-order valence-electron chi connectivity index (χ2n) is 12.2. The Hall–Kier alpha value is -3.70. The first-order valence-electron chi connectivity index (χ1n) is 14.9. The molecule has 1 fully saturated rings. The van der Waals surface area contributed by atoms with Crippen LogP contribution < -0.4 is 24.7 Å². The van der Waals surface area contributed by atoms with Crippen molar-refractivity contribution in [3.8, 4) is 34.8 Å². The summed E-state index contributed by atoms with van der Waals surface area (Å²) in [5.41, 5.74) is 10.4. The Balaban J connectivity index is 1.63. The number of rotatable bonds is 6. The van der Waals surface area contributed by atoms with Crippen LogP contribution in [0.3, 0.4) is 0 Å². The zero-order valence-corrected chi connectivity index (χ0v) is 27.0. The van der Waals surface area contributed by atoms with Crippen molar-refractivity contribution in [2.45, 2.75) is 76.3 Å². The van der Waals surface area contributed by atoms with E-state index in [1.165, 1.54) is 14.0 Å². The van der Waals surface area contributed by atoms with Crippen molar-refractivity contribution in [1.82, 2.24) is 9.80 Å². The van der Waals surface area contributed by atoms with Crippen LogP contribution >= 0.6 is 12.6 Å². The number of likely N-dealkylation sites (N-methyl/N-ethyl adjacent to an activating group) is 1. The van der Waals surface area contributed by atoms with Gasteiger partial charge in [-0.1, -0.05) is 13.0 Å². The number of hydrogen-bond acceptors (Lipinski definition) is 13. The Labute approximate surface area is 267 Å². The molecular weight excluding hydrogens is 600 g/mol. The molecule has 0 aromatic heterocycles. The highest BCUT2D eigenvalue weighted by Crippen LogP contribution is 2.61. The number of carbonyl (C=O) groups excluding carboxylic acids is 2. The Kier molecular flexibility index (Phi) is 8.06. The number of esters is 2. The van der Waals surface area contributed by atoms with Gasteiger partial charge in [0.05, 0.1) is 25.3 Å². The number of nitriles is 1. The molecule has 2 bridgehead atoms. The van der Waals surface area contributed by atoms with Crippen molar-refractivity contribution in [1.29, 1.82) is 5.26 Å². The predicted octanol–water partition coefficient (Wildman–Crippen LogP) is 2.80. The Morgan fingerprint density at radius 3 is 2.58 bits per heavy atom. The maximum Gasteiger partial charge on any atom is 0.323 e. The maximum absolute atomic E-state index is 12.9. The van der Waals surface area contributed by atoms with Crippen molar-refractivity contribution in [3.05, 3.63) is 39.4 Å². The molecule has 1 unspecified atom stereocenters. The number of fused-ring (bicyclic) bond motifs is 9. The summed E-state index contributed by atoms with van der Waals surface area (Å²) in [7, 11) is 3.49. The first-order chi connectivity index (χ1) is 21.5. The first kappa shape index (κ1) is 31.3. The molecule has 45 heavy (non-hydrogen) atoms. The molecule has 240 valence electrons. The van der Waals surface area contributed by atoms with Crippen molar-refractivity contribution in [2.75, 3.05) is 33.3 Å². The van der Waals surface area contributed by atoms with E-state index >= 15 is 0 Å². The Bertz CT molecular complexity index is 1630. The van der Waals surface area contributed by atoms with Crippen LogP contribution in [-0.4, -0.2) is 84.3 Å². The number of ether oxygens (including phenoxy) is 5. The molecular formula is C32H38N4O8S. The van der Waals surface area contributed by atoms with E-state index in [1.54, 1.807) is 0 Å². The number of hydrogen-bond donors (Lipinski definition) is 3. The van der Waals surface area contributed by atoms with Crippen LogP contribution in [0, 0.1) is 25.2 Å². The number of methoxy groups -OCH3 is 1. The second kappa shape index (κ2) is 11.6. The Morgan fingerprint density at radius 2 is 1.93 bits per heavy atom. The largest absolute Gasteiger partial charge is 0.504 e. The molecule has 7 atom stereocenters. The van der Waals surface area contributed by atoms with Gasteiger partial charge < -0.3 is 34.5 Å². The van der Waals surface area contributed by atoms with Crippen molar-refractivity contribution in [3.63, 3.8) is 0 Å².